The van der Waals surface area contributed by atoms with E-state index in [1.807, 2.05) is 11.3 Å². The maximum Gasteiger partial charge on any atom is 0.195 e. The molecule has 0 fully saturated rings. The van der Waals surface area contributed by atoms with Crippen LogP contribution in [0.15, 0.2) is 133 Å². The summed E-state index contributed by atoms with van der Waals surface area (Å²) in [7, 11) is 0. The molecule has 6 aromatic carbocycles. The van der Waals surface area contributed by atoms with Gasteiger partial charge in [-0.25, -0.2) is 4.98 Å². The van der Waals surface area contributed by atoms with Gasteiger partial charge < -0.3 is 0 Å². The highest BCUT2D eigenvalue weighted by atomic mass is 32.1. The molecule has 0 radical (unpaired) electrons. The minimum atomic E-state index is 0.998. The number of fused-ring (bicyclic) bond motifs is 8. The molecule has 192 valence electrons. The van der Waals surface area contributed by atoms with Crippen molar-refractivity contribution in [1.82, 2.24) is 9.55 Å². The Morgan fingerprint density at radius 1 is 0.488 bits per heavy atom. The van der Waals surface area contributed by atoms with Crippen molar-refractivity contribution >= 4 is 74.9 Å². The van der Waals surface area contributed by atoms with Gasteiger partial charge in [0, 0.05) is 30.9 Å². The second kappa shape index (κ2) is 8.87. The first-order valence-corrected chi connectivity index (χ1v) is 15.4. The van der Waals surface area contributed by atoms with E-state index in [0.29, 0.717) is 0 Å². The molecule has 4 heteroatoms. The lowest BCUT2D eigenvalue weighted by atomic mass is 9.98. The molecule has 0 aliphatic carbocycles. The van der Waals surface area contributed by atoms with Crippen molar-refractivity contribution in [1.29, 1.82) is 0 Å². The lowest BCUT2D eigenvalue weighted by molar-refractivity contribution is 1.15. The lowest BCUT2D eigenvalue weighted by Gasteiger charge is -2.06. The van der Waals surface area contributed by atoms with Crippen molar-refractivity contribution in [2.45, 2.75) is 0 Å². The van der Waals surface area contributed by atoms with Crippen LogP contribution in [-0.2, 0) is 0 Å². The van der Waals surface area contributed by atoms with E-state index in [4.69, 9.17) is 4.98 Å². The summed E-state index contributed by atoms with van der Waals surface area (Å²) in [6.45, 7) is 0. The highest BCUT2D eigenvalue weighted by Crippen LogP contribution is 2.44. The van der Waals surface area contributed by atoms with Crippen molar-refractivity contribution in [3.63, 3.8) is 0 Å². The summed E-state index contributed by atoms with van der Waals surface area (Å²) in [5.41, 5.74) is 8.29. The largest absolute Gasteiger partial charge is 0.285 e. The van der Waals surface area contributed by atoms with Gasteiger partial charge in [-0.05, 0) is 52.6 Å². The molecular weight excluding hydrogens is 537 g/mol. The fourth-order valence-corrected chi connectivity index (χ4v) is 8.55. The van der Waals surface area contributed by atoms with Crippen LogP contribution < -0.4 is 0 Å². The predicted molar refractivity (Wildman–Crippen MR) is 178 cm³/mol. The molecule has 2 nitrogen and oxygen atoms in total. The van der Waals surface area contributed by atoms with E-state index in [0.717, 1.165) is 10.6 Å². The molecule has 0 N–H and O–H groups in total. The fraction of sp³-hybridized carbons (Fsp3) is 0. The van der Waals surface area contributed by atoms with Gasteiger partial charge in [0.1, 0.15) is 0 Å². The standard InChI is InChI=1S/C37H22N2S2/c1-3-10-23(11-4-1)25-18-19-27-31(22-25)39(30-16-9-15-26(34(27)30)24-12-5-2-6-13-24)37-38-29-20-21-33-35(36(29)41-37)28-14-7-8-17-32(28)40-33/h1-22H. The molecule has 9 aromatic rings. The third kappa shape index (κ3) is 3.45. The van der Waals surface area contributed by atoms with E-state index in [-0.39, 0.29) is 0 Å². The molecule has 0 aliphatic rings. The molecule has 9 rings (SSSR count). The zero-order valence-corrected chi connectivity index (χ0v) is 23.5. The van der Waals surface area contributed by atoms with E-state index in [9.17, 15) is 0 Å². The Balaban J connectivity index is 1.40. The third-order valence-corrected chi connectivity index (χ3v) is 10.3. The average molecular weight is 559 g/mol. The molecule has 0 saturated heterocycles. The Bertz CT molecular complexity index is 2410. The first-order valence-electron chi connectivity index (χ1n) is 13.7. The summed E-state index contributed by atoms with van der Waals surface area (Å²) < 4.78 is 6.27. The van der Waals surface area contributed by atoms with Crippen LogP contribution >= 0.6 is 22.7 Å². The summed E-state index contributed by atoms with van der Waals surface area (Å²) >= 11 is 3.66. The van der Waals surface area contributed by atoms with E-state index in [1.165, 1.54) is 68.9 Å². The highest BCUT2D eigenvalue weighted by Gasteiger charge is 2.20. The van der Waals surface area contributed by atoms with Crippen LogP contribution in [0.25, 0.3) is 79.6 Å². The Labute approximate surface area is 244 Å². The maximum atomic E-state index is 5.28. The van der Waals surface area contributed by atoms with Crippen molar-refractivity contribution in [2.75, 3.05) is 0 Å². The van der Waals surface area contributed by atoms with Gasteiger partial charge in [-0.3, -0.25) is 4.57 Å². The molecule has 0 saturated carbocycles. The Morgan fingerprint density at radius 2 is 1.27 bits per heavy atom. The Kier molecular flexibility index (Phi) is 4.97. The summed E-state index contributed by atoms with van der Waals surface area (Å²) in [5, 5.41) is 6.14. The van der Waals surface area contributed by atoms with Crippen LogP contribution in [-0.4, -0.2) is 9.55 Å². The van der Waals surface area contributed by atoms with Gasteiger partial charge in [0.2, 0.25) is 0 Å². The van der Waals surface area contributed by atoms with E-state index < -0.39 is 0 Å². The van der Waals surface area contributed by atoms with Crippen molar-refractivity contribution in [3.05, 3.63) is 133 Å². The molecule has 41 heavy (non-hydrogen) atoms. The molecule has 0 spiro atoms. The van der Waals surface area contributed by atoms with E-state index in [2.05, 4.69) is 138 Å². The summed E-state index contributed by atoms with van der Waals surface area (Å²) in [6.07, 6.45) is 0. The number of benzene rings is 6. The van der Waals surface area contributed by atoms with Gasteiger partial charge >= 0.3 is 0 Å². The van der Waals surface area contributed by atoms with Crippen LogP contribution in [0.1, 0.15) is 0 Å². The Hall–Kier alpha value is -4.77. The van der Waals surface area contributed by atoms with Crippen LogP contribution in [0.4, 0.5) is 0 Å². The highest BCUT2D eigenvalue weighted by molar-refractivity contribution is 7.28. The van der Waals surface area contributed by atoms with Crippen LogP contribution in [0, 0.1) is 0 Å². The van der Waals surface area contributed by atoms with E-state index in [1.54, 1.807) is 11.3 Å². The number of aromatic nitrogens is 2. The molecule has 0 atom stereocenters. The minimum absolute atomic E-state index is 0.998. The summed E-state index contributed by atoms with van der Waals surface area (Å²) in [4.78, 5) is 5.28. The normalized spacial score (nSPS) is 11.9. The zero-order valence-electron chi connectivity index (χ0n) is 21.9. The quantitative estimate of drug-likeness (QED) is 0.211. The molecular formula is C37H22N2S2. The van der Waals surface area contributed by atoms with Crippen LogP contribution in [0.3, 0.4) is 0 Å². The van der Waals surface area contributed by atoms with E-state index >= 15 is 0 Å². The van der Waals surface area contributed by atoms with Crippen LogP contribution in [0.2, 0.25) is 0 Å². The summed E-state index contributed by atoms with van der Waals surface area (Å²) in [6, 6.07) is 48.0. The molecule has 3 heterocycles. The predicted octanol–water partition coefficient (Wildman–Crippen LogP) is 11.1. The SMILES string of the molecule is c1ccc(-c2ccc3c4c(-c5ccccc5)cccc4n(-c4nc5ccc6sc7ccccc7c6c5s4)c3c2)cc1. The smallest absolute Gasteiger partial charge is 0.195 e. The molecule has 0 unspecified atom stereocenters. The van der Waals surface area contributed by atoms with Gasteiger partial charge in [0.15, 0.2) is 5.13 Å². The summed E-state index contributed by atoms with van der Waals surface area (Å²) in [5.74, 6) is 0. The zero-order chi connectivity index (χ0) is 26.9. The van der Waals surface area contributed by atoms with Crippen molar-refractivity contribution in [3.8, 4) is 27.4 Å². The second-order valence-electron chi connectivity index (χ2n) is 10.4. The number of thiophene rings is 1. The number of thiazole rings is 1. The maximum absolute atomic E-state index is 5.28. The van der Waals surface area contributed by atoms with Crippen molar-refractivity contribution in [2.24, 2.45) is 0 Å². The molecule has 0 amide bonds. The van der Waals surface area contributed by atoms with Gasteiger partial charge in [-0.1, -0.05) is 114 Å². The first-order chi connectivity index (χ1) is 20.3. The molecule has 3 aromatic heterocycles. The minimum Gasteiger partial charge on any atom is -0.285 e. The van der Waals surface area contributed by atoms with Crippen molar-refractivity contribution < 1.29 is 0 Å². The van der Waals surface area contributed by atoms with Gasteiger partial charge in [0.25, 0.3) is 0 Å². The number of rotatable bonds is 3. The Morgan fingerprint density at radius 3 is 2.12 bits per heavy atom. The van der Waals surface area contributed by atoms with Gasteiger partial charge in [-0.2, -0.15) is 0 Å². The molecule has 0 aliphatic heterocycles. The number of nitrogens with zero attached hydrogens (tertiary/aromatic N) is 2. The van der Waals surface area contributed by atoms with Crippen LogP contribution in [0.5, 0.6) is 0 Å². The lowest BCUT2D eigenvalue weighted by Crippen LogP contribution is -1.93. The third-order valence-electron chi connectivity index (χ3n) is 8.06. The molecule has 0 bridgehead atoms. The first kappa shape index (κ1) is 23.0. The average Bonchev–Trinajstić information content (AvgIpc) is 3.72. The second-order valence-corrected chi connectivity index (χ2v) is 12.4. The monoisotopic (exact) mass is 558 g/mol. The van der Waals surface area contributed by atoms with Gasteiger partial charge in [-0.15, -0.1) is 11.3 Å². The number of hydrogen-bond donors (Lipinski definition) is 0. The topological polar surface area (TPSA) is 17.8 Å². The van der Waals surface area contributed by atoms with Gasteiger partial charge in [0.05, 0.1) is 21.3 Å². The number of hydrogen-bond acceptors (Lipinski definition) is 3. The fourth-order valence-electron chi connectivity index (χ4n) is 6.22.